The standard InChI is InChI=1S/C6H14ClNO.ClH/c1-5(2)8-4-6(9)3-7;/h5-6,8-9H,3-4H2,1-2H3;1H/t6-;/m0./s1. The zero-order valence-corrected chi connectivity index (χ0v) is 7.87. The van der Waals surface area contributed by atoms with Gasteiger partial charge in [-0.3, -0.25) is 0 Å². The van der Waals surface area contributed by atoms with Gasteiger partial charge in [-0.25, -0.2) is 0 Å². The van der Waals surface area contributed by atoms with Gasteiger partial charge in [0.25, 0.3) is 0 Å². The van der Waals surface area contributed by atoms with E-state index in [1.54, 1.807) is 0 Å². The molecule has 0 aliphatic carbocycles. The number of aliphatic hydroxyl groups excluding tert-OH is 1. The fourth-order valence-corrected chi connectivity index (χ4v) is 0.535. The summed E-state index contributed by atoms with van der Waals surface area (Å²) < 4.78 is 0. The second-order valence-electron chi connectivity index (χ2n) is 2.37. The van der Waals surface area contributed by atoms with Crippen molar-refractivity contribution in [1.82, 2.24) is 5.32 Å². The van der Waals surface area contributed by atoms with Crippen molar-refractivity contribution in [2.24, 2.45) is 0 Å². The van der Waals surface area contributed by atoms with E-state index >= 15 is 0 Å². The first-order valence-corrected chi connectivity index (χ1v) is 3.67. The highest BCUT2D eigenvalue weighted by molar-refractivity contribution is 6.18. The van der Waals surface area contributed by atoms with Crippen LogP contribution in [0.25, 0.3) is 0 Å². The van der Waals surface area contributed by atoms with E-state index in [2.05, 4.69) is 5.32 Å². The van der Waals surface area contributed by atoms with E-state index in [1.807, 2.05) is 13.8 Å². The Bertz CT molecular complexity index is 70.8. The minimum atomic E-state index is -0.408. The van der Waals surface area contributed by atoms with Gasteiger partial charge < -0.3 is 10.4 Å². The highest BCUT2D eigenvalue weighted by Gasteiger charge is 2.00. The van der Waals surface area contributed by atoms with Crippen LogP contribution in [-0.2, 0) is 0 Å². The third-order valence-electron chi connectivity index (χ3n) is 0.940. The predicted octanol–water partition coefficient (Wildman–Crippen LogP) is 1.01. The molecule has 0 unspecified atom stereocenters. The van der Waals surface area contributed by atoms with Crippen molar-refractivity contribution in [2.45, 2.75) is 26.0 Å². The maximum absolute atomic E-state index is 8.91. The molecule has 2 N–H and O–H groups in total. The predicted molar refractivity (Wildman–Crippen MR) is 47.1 cm³/mol. The molecule has 0 aromatic carbocycles. The third-order valence-corrected chi connectivity index (χ3v) is 1.30. The molecular formula is C6H15Cl2NO. The Morgan fingerprint density at radius 3 is 2.30 bits per heavy atom. The molecule has 1 atom stereocenters. The molecule has 0 spiro atoms. The quantitative estimate of drug-likeness (QED) is 0.645. The lowest BCUT2D eigenvalue weighted by molar-refractivity contribution is 0.191. The minimum Gasteiger partial charge on any atom is -0.391 e. The Hall–Kier alpha value is 0.500. The number of alkyl halides is 1. The van der Waals surface area contributed by atoms with Gasteiger partial charge in [0, 0.05) is 18.5 Å². The van der Waals surface area contributed by atoms with Crippen LogP contribution in [0.4, 0.5) is 0 Å². The number of rotatable bonds is 4. The van der Waals surface area contributed by atoms with Crippen LogP contribution in [0.3, 0.4) is 0 Å². The molecule has 2 nitrogen and oxygen atoms in total. The first kappa shape index (κ1) is 13.1. The number of hydrogen-bond donors (Lipinski definition) is 2. The fraction of sp³-hybridized carbons (Fsp3) is 1.00. The van der Waals surface area contributed by atoms with Gasteiger partial charge in [-0.1, -0.05) is 13.8 Å². The molecule has 0 bridgehead atoms. The molecule has 0 aliphatic heterocycles. The molecule has 0 aromatic heterocycles. The second-order valence-corrected chi connectivity index (χ2v) is 2.68. The molecule has 0 aliphatic rings. The van der Waals surface area contributed by atoms with Gasteiger partial charge in [0.15, 0.2) is 0 Å². The summed E-state index contributed by atoms with van der Waals surface area (Å²) in [6.45, 7) is 4.64. The highest BCUT2D eigenvalue weighted by Crippen LogP contribution is 1.85. The molecule has 10 heavy (non-hydrogen) atoms. The lowest BCUT2D eigenvalue weighted by Crippen LogP contribution is -2.32. The van der Waals surface area contributed by atoms with E-state index in [4.69, 9.17) is 16.7 Å². The molecule has 0 rings (SSSR count). The Labute approximate surface area is 73.4 Å². The first-order chi connectivity index (χ1) is 4.16. The molecule has 64 valence electrons. The lowest BCUT2D eigenvalue weighted by atomic mass is 10.3. The van der Waals surface area contributed by atoms with Gasteiger partial charge in [0.1, 0.15) is 0 Å². The van der Waals surface area contributed by atoms with Crippen LogP contribution in [0.15, 0.2) is 0 Å². The van der Waals surface area contributed by atoms with Gasteiger partial charge in [-0.05, 0) is 0 Å². The van der Waals surface area contributed by atoms with Crippen LogP contribution in [0.5, 0.6) is 0 Å². The average Bonchev–Trinajstić information content (AvgIpc) is 1.83. The van der Waals surface area contributed by atoms with Crippen LogP contribution in [0.2, 0.25) is 0 Å². The molecule has 0 aromatic rings. The van der Waals surface area contributed by atoms with Crippen molar-refractivity contribution < 1.29 is 5.11 Å². The van der Waals surface area contributed by atoms with Gasteiger partial charge in [-0.2, -0.15) is 0 Å². The molecule has 0 heterocycles. The summed E-state index contributed by atoms with van der Waals surface area (Å²) in [5.41, 5.74) is 0. The zero-order chi connectivity index (χ0) is 7.28. The molecule has 0 radical (unpaired) electrons. The van der Waals surface area contributed by atoms with E-state index in [-0.39, 0.29) is 12.4 Å². The van der Waals surface area contributed by atoms with Gasteiger partial charge in [-0.15, -0.1) is 24.0 Å². The Balaban J connectivity index is 0. The summed E-state index contributed by atoms with van der Waals surface area (Å²) in [4.78, 5) is 0. The summed E-state index contributed by atoms with van der Waals surface area (Å²) in [6.07, 6.45) is -0.408. The number of hydrogen-bond acceptors (Lipinski definition) is 2. The topological polar surface area (TPSA) is 32.3 Å². The Morgan fingerprint density at radius 2 is 2.00 bits per heavy atom. The molecule has 0 saturated carbocycles. The molecular weight excluding hydrogens is 173 g/mol. The van der Waals surface area contributed by atoms with E-state index in [0.717, 1.165) is 0 Å². The van der Waals surface area contributed by atoms with Crippen molar-refractivity contribution in [3.05, 3.63) is 0 Å². The second kappa shape index (κ2) is 7.61. The van der Waals surface area contributed by atoms with Crippen molar-refractivity contribution in [3.63, 3.8) is 0 Å². The van der Waals surface area contributed by atoms with Crippen molar-refractivity contribution in [3.8, 4) is 0 Å². The van der Waals surface area contributed by atoms with E-state index in [0.29, 0.717) is 18.5 Å². The zero-order valence-electron chi connectivity index (χ0n) is 6.30. The summed E-state index contributed by atoms with van der Waals surface area (Å²) in [6, 6.07) is 0.419. The third kappa shape index (κ3) is 8.50. The summed E-state index contributed by atoms with van der Waals surface area (Å²) in [7, 11) is 0. The van der Waals surface area contributed by atoms with E-state index in [1.165, 1.54) is 0 Å². The smallest absolute Gasteiger partial charge is 0.0799 e. The lowest BCUT2D eigenvalue weighted by Gasteiger charge is -2.10. The molecule has 0 amide bonds. The van der Waals surface area contributed by atoms with Crippen LogP contribution in [-0.4, -0.2) is 29.7 Å². The van der Waals surface area contributed by atoms with E-state index < -0.39 is 6.10 Å². The summed E-state index contributed by atoms with van der Waals surface area (Å²) in [5.74, 6) is 0.305. The van der Waals surface area contributed by atoms with Crippen molar-refractivity contribution in [1.29, 1.82) is 0 Å². The molecule has 0 fully saturated rings. The number of nitrogens with one attached hydrogen (secondary N) is 1. The Morgan fingerprint density at radius 1 is 1.50 bits per heavy atom. The van der Waals surface area contributed by atoms with E-state index in [9.17, 15) is 0 Å². The van der Waals surface area contributed by atoms with Crippen LogP contribution in [0, 0.1) is 0 Å². The maximum Gasteiger partial charge on any atom is 0.0799 e. The normalized spacial score (nSPS) is 12.9. The van der Waals surface area contributed by atoms with Crippen LogP contribution < -0.4 is 5.32 Å². The Kier molecular flexibility index (Phi) is 9.97. The molecule has 4 heteroatoms. The maximum atomic E-state index is 8.91. The number of halogens is 2. The average molecular weight is 188 g/mol. The minimum absolute atomic E-state index is 0. The van der Waals surface area contributed by atoms with Crippen molar-refractivity contribution >= 4 is 24.0 Å². The fourth-order valence-electron chi connectivity index (χ4n) is 0.426. The first-order valence-electron chi connectivity index (χ1n) is 3.14. The summed E-state index contributed by atoms with van der Waals surface area (Å²) >= 11 is 5.35. The number of aliphatic hydroxyl groups is 1. The van der Waals surface area contributed by atoms with Crippen molar-refractivity contribution in [2.75, 3.05) is 12.4 Å². The van der Waals surface area contributed by atoms with Crippen LogP contribution in [0.1, 0.15) is 13.8 Å². The summed E-state index contributed by atoms with van der Waals surface area (Å²) in [5, 5.41) is 12.0. The largest absolute Gasteiger partial charge is 0.391 e. The van der Waals surface area contributed by atoms with Gasteiger partial charge in [0.05, 0.1) is 6.10 Å². The highest BCUT2D eigenvalue weighted by atomic mass is 35.5. The molecule has 0 saturated heterocycles. The van der Waals surface area contributed by atoms with Crippen LogP contribution >= 0.6 is 24.0 Å². The monoisotopic (exact) mass is 187 g/mol. The van der Waals surface area contributed by atoms with Gasteiger partial charge in [0.2, 0.25) is 0 Å². The SMILES string of the molecule is CC(C)NC[C@@H](O)CCl.Cl. The van der Waals surface area contributed by atoms with Gasteiger partial charge >= 0.3 is 0 Å².